The third kappa shape index (κ3) is 5.39. The van der Waals surface area contributed by atoms with E-state index in [9.17, 15) is 19.7 Å². The summed E-state index contributed by atoms with van der Waals surface area (Å²) >= 11 is 0. The molecule has 2 amide bonds. The van der Waals surface area contributed by atoms with E-state index < -0.39 is 4.92 Å². The molecule has 2 aromatic carbocycles. The van der Waals surface area contributed by atoms with Crippen LogP contribution in [0.4, 0.5) is 11.4 Å². The van der Waals surface area contributed by atoms with Crippen molar-refractivity contribution in [3.8, 4) is 0 Å². The van der Waals surface area contributed by atoms with Gasteiger partial charge in [0.25, 0.3) is 11.6 Å². The summed E-state index contributed by atoms with van der Waals surface area (Å²) in [5.74, 6) is -0.334. The summed E-state index contributed by atoms with van der Waals surface area (Å²) in [5.41, 5.74) is 1.63. The molecule has 1 heterocycles. The smallest absolute Gasteiger partial charge is 0.293 e. The normalized spacial score (nSPS) is 14.8. The molecular weight excluding hydrogens is 396 g/mol. The van der Waals surface area contributed by atoms with Crippen LogP contribution in [0.25, 0.3) is 0 Å². The zero-order chi connectivity index (χ0) is 22.4. The van der Waals surface area contributed by atoms with Gasteiger partial charge in [0.1, 0.15) is 5.69 Å². The molecule has 3 rings (SSSR count). The van der Waals surface area contributed by atoms with Crippen LogP contribution < -0.4 is 10.2 Å². The van der Waals surface area contributed by atoms with Gasteiger partial charge in [-0.3, -0.25) is 19.7 Å². The first kappa shape index (κ1) is 22.3. The summed E-state index contributed by atoms with van der Waals surface area (Å²) in [4.78, 5) is 39.3. The lowest BCUT2D eigenvalue weighted by atomic mass is 10.0. The molecule has 0 saturated carbocycles. The Morgan fingerprint density at radius 3 is 2.35 bits per heavy atom. The molecule has 1 N–H and O–H groups in total. The Bertz CT molecular complexity index is 940. The summed E-state index contributed by atoms with van der Waals surface area (Å²) in [7, 11) is 0. The molecule has 8 nitrogen and oxygen atoms in total. The molecular formula is C23H28N4O4. The second-order valence-corrected chi connectivity index (χ2v) is 7.68. The number of hydrogen-bond donors (Lipinski definition) is 1. The van der Waals surface area contributed by atoms with Gasteiger partial charge in [0.2, 0.25) is 5.91 Å². The Morgan fingerprint density at radius 1 is 1.10 bits per heavy atom. The fourth-order valence-corrected chi connectivity index (χ4v) is 3.88. The number of nitro benzene ring substituents is 1. The van der Waals surface area contributed by atoms with Crippen molar-refractivity contribution in [1.29, 1.82) is 0 Å². The van der Waals surface area contributed by atoms with Crippen molar-refractivity contribution in [2.75, 3.05) is 31.1 Å². The number of nitrogens with zero attached hydrogens (tertiary/aromatic N) is 3. The van der Waals surface area contributed by atoms with Crippen LogP contribution in [0.15, 0.2) is 48.5 Å². The Balaban J connectivity index is 1.79. The monoisotopic (exact) mass is 424 g/mol. The van der Waals surface area contributed by atoms with E-state index in [1.54, 1.807) is 17.0 Å². The van der Waals surface area contributed by atoms with Crippen LogP contribution in [0.5, 0.6) is 0 Å². The zero-order valence-electron chi connectivity index (χ0n) is 17.9. The molecule has 0 aliphatic carbocycles. The minimum Gasteiger partial charge on any atom is -0.362 e. The van der Waals surface area contributed by atoms with E-state index >= 15 is 0 Å². The molecule has 1 atom stereocenters. The SMILES string of the molecule is CCC[C@@H](NC(=O)c1ccc(N2CCN(C(C)=O)CC2)c([N+](=O)[O-])c1)c1ccccc1. The summed E-state index contributed by atoms with van der Waals surface area (Å²) in [6.45, 7) is 5.63. The zero-order valence-corrected chi connectivity index (χ0v) is 17.9. The predicted molar refractivity (Wildman–Crippen MR) is 119 cm³/mol. The van der Waals surface area contributed by atoms with Gasteiger partial charge in [-0.25, -0.2) is 0 Å². The first-order valence-electron chi connectivity index (χ1n) is 10.6. The Morgan fingerprint density at radius 2 is 1.77 bits per heavy atom. The second kappa shape index (κ2) is 10.1. The molecule has 1 aliphatic rings. The van der Waals surface area contributed by atoms with Crippen LogP contribution in [0.1, 0.15) is 48.7 Å². The van der Waals surface area contributed by atoms with Crippen LogP contribution in [0, 0.1) is 10.1 Å². The van der Waals surface area contributed by atoms with Crippen molar-refractivity contribution in [1.82, 2.24) is 10.2 Å². The highest BCUT2D eigenvalue weighted by atomic mass is 16.6. The van der Waals surface area contributed by atoms with Gasteiger partial charge >= 0.3 is 0 Å². The Labute approximate surface area is 182 Å². The Kier molecular flexibility index (Phi) is 7.23. The molecule has 0 bridgehead atoms. The maximum atomic E-state index is 12.9. The number of piperazine rings is 1. The van der Waals surface area contributed by atoms with Gasteiger partial charge in [-0.1, -0.05) is 43.7 Å². The topological polar surface area (TPSA) is 95.8 Å². The first-order valence-corrected chi connectivity index (χ1v) is 10.6. The molecule has 0 aromatic heterocycles. The lowest BCUT2D eigenvalue weighted by molar-refractivity contribution is -0.384. The van der Waals surface area contributed by atoms with E-state index in [0.29, 0.717) is 31.9 Å². The molecule has 0 spiro atoms. The van der Waals surface area contributed by atoms with E-state index in [2.05, 4.69) is 5.32 Å². The molecule has 31 heavy (non-hydrogen) atoms. The van der Waals surface area contributed by atoms with Crippen LogP contribution in [-0.4, -0.2) is 47.8 Å². The lowest BCUT2D eigenvalue weighted by Gasteiger charge is -2.35. The molecule has 164 valence electrons. The summed E-state index contributed by atoms with van der Waals surface area (Å²) in [6.07, 6.45) is 1.67. The summed E-state index contributed by atoms with van der Waals surface area (Å²) in [6, 6.07) is 14.2. The molecule has 8 heteroatoms. The van der Waals surface area contributed by atoms with Crippen molar-refractivity contribution in [2.24, 2.45) is 0 Å². The van der Waals surface area contributed by atoms with E-state index in [1.807, 2.05) is 42.2 Å². The average Bonchev–Trinajstić information content (AvgIpc) is 2.79. The van der Waals surface area contributed by atoms with Gasteiger partial charge in [0, 0.05) is 44.7 Å². The molecule has 1 aliphatic heterocycles. The summed E-state index contributed by atoms with van der Waals surface area (Å²) in [5, 5.41) is 14.8. The van der Waals surface area contributed by atoms with Gasteiger partial charge in [-0.15, -0.1) is 0 Å². The third-order valence-corrected chi connectivity index (χ3v) is 5.58. The van der Waals surface area contributed by atoms with Crippen LogP contribution in [0.3, 0.4) is 0 Å². The maximum absolute atomic E-state index is 12.9. The first-order chi connectivity index (χ1) is 14.9. The molecule has 0 unspecified atom stereocenters. The number of anilines is 1. The fourth-order valence-electron chi connectivity index (χ4n) is 3.88. The number of hydrogen-bond acceptors (Lipinski definition) is 5. The largest absolute Gasteiger partial charge is 0.362 e. The number of amides is 2. The number of rotatable bonds is 7. The number of nitrogens with one attached hydrogen (secondary N) is 1. The maximum Gasteiger partial charge on any atom is 0.293 e. The van der Waals surface area contributed by atoms with E-state index in [1.165, 1.54) is 13.0 Å². The highest BCUT2D eigenvalue weighted by molar-refractivity contribution is 5.96. The van der Waals surface area contributed by atoms with Crippen LogP contribution >= 0.6 is 0 Å². The number of carbonyl (C=O) groups excluding carboxylic acids is 2. The van der Waals surface area contributed by atoms with Crippen LogP contribution in [0.2, 0.25) is 0 Å². The second-order valence-electron chi connectivity index (χ2n) is 7.68. The van der Waals surface area contributed by atoms with Crippen LogP contribution in [-0.2, 0) is 4.79 Å². The van der Waals surface area contributed by atoms with Gasteiger partial charge in [0.05, 0.1) is 11.0 Å². The minimum absolute atomic E-state index is 0.00113. The van der Waals surface area contributed by atoms with E-state index in [4.69, 9.17) is 0 Å². The standard InChI is InChI=1S/C23H28N4O4/c1-3-7-20(18-8-5-4-6-9-18)24-23(29)19-10-11-21(22(16-19)27(30)31)26-14-12-25(13-15-26)17(2)28/h4-6,8-11,16,20H,3,7,12-15H2,1-2H3,(H,24,29)/t20-/m1/s1. The van der Waals surface area contributed by atoms with Crippen molar-refractivity contribution < 1.29 is 14.5 Å². The minimum atomic E-state index is -0.454. The molecule has 1 fully saturated rings. The van der Waals surface area contributed by atoms with E-state index in [-0.39, 0.29) is 29.1 Å². The lowest BCUT2D eigenvalue weighted by Crippen LogP contribution is -2.48. The van der Waals surface area contributed by atoms with Gasteiger partial charge < -0.3 is 15.1 Å². The van der Waals surface area contributed by atoms with E-state index in [0.717, 1.165) is 18.4 Å². The highest BCUT2D eigenvalue weighted by Gasteiger charge is 2.26. The number of carbonyl (C=O) groups is 2. The molecule has 2 aromatic rings. The number of nitro groups is 1. The van der Waals surface area contributed by atoms with Gasteiger partial charge in [-0.05, 0) is 24.1 Å². The van der Waals surface area contributed by atoms with Crippen molar-refractivity contribution in [2.45, 2.75) is 32.7 Å². The van der Waals surface area contributed by atoms with Gasteiger partial charge in [-0.2, -0.15) is 0 Å². The third-order valence-electron chi connectivity index (χ3n) is 5.58. The predicted octanol–water partition coefficient (Wildman–Crippen LogP) is 3.53. The molecule has 1 saturated heterocycles. The fraction of sp³-hybridized carbons (Fsp3) is 0.391. The van der Waals surface area contributed by atoms with Gasteiger partial charge in [0.15, 0.2) is 0 Å². The number of benzene rings is 2. The highest BCUT2D eigenvalue weighted by Crippen LogP contribution is 2.30. The quantitative estimate of drug-likeness (QED) is 0.542. The Hall–Kier alpha value is -3.42. The average molecular weight is 425 g/mol. The van der Waals surface area contributed by atoms with Crippen molar-refractivity contribution >= 4 is 23.2 Å². The summed E-state index contributed by atoms with van der Waals surface area (Å²) < 4.78 is 0. The van der Waals surface area contributed by atoms with Crippen molar-refractivity contribution in [3.05, 3.63) is 69.8 Å². The molecule has 0 radical (unpaired) electrons. The van der Waals surface area contributed by atoms with Crippen molar-refractivity contribution in [3.63, 3.8) is 0 Å².